The summed E-state index contributed by atoms with van der Waals surface area (Å²) in [5.41, 5.74) is 2.39. The first-order valence-corrected chi connectivity index (χ1v) is 8.51. The summed E-state index contributed by atoms with van der Waals surface area (Å²) in [5.74, 6) is 0.0218. The van der Waals surface area contributed by atoms with Gasteiger partial charge in [-0.2, -0.15) is 0 Å². The third-order valence-corrected chi connectivity index (χ3v) is 4.29. The minimum absolute atomic E-state index is 0.0218. The first-order valence-electron chi connectivity index (χ1n) is 8.51. The van der Waals surface area contributed by atoms with Gasteiger partial charge in [0.05, 0.1) is 0 Å². The van der Waals surface area contributed by atoms with Crippen LogP contribution in [0.4, 0.5) is 0 Å². The summed E-state index contributed by atoms with van der Waals surface area (Å²) < 4.78 is 0. The fourth-order valence-electron chi connectivity index (χ4n) is 2.90. The van der Waals surface area contributed by atoms with E-state index in [4.69, 9.17) is 0 Å². The summed E-state index contributed by atoms with van der Waals surface area (Å²) in [7, 11) is 0. The SMILES string of the molecule is CCCN1CCC(NC(=O)/C=C/c2ccc(CC)cc2)CC1. The van der Waals surface area contributed by atoms with Crippen molar-refractivity contribution in [3.63, 3.8) is 0 Å². The van der Waals surface area contributed by atoms with Gasteiger partial charge >= 0.3 is 0 Å². The Morgan fingerprint density at radius 1 is 1.23 bits per heavy atom. The van der Waals surface area contributed by atoms with Gasteiger partial charge in [-0.25, -0.2) is 0 Å². The number of rotatable bonds is 6. The van der Waals surface area contributed by atoms with Gasteiger partial charge in [0, 0.05) is 25.2 Å². The topological polar surface area (TPSA) is 32.3 Å². The molecule has 0 aromatic heterocycles. The lowest BCUT2D eigenvalue weighted by molar-refractivity contribution is -0.117. The molecule has 1 fully saturated rings. The van der Waals surface area contributed by atoms with Crippen LogP contribution >= 0.6 is 0 Å². The number of hydrogen-bond acceptors (Lipinski definition) is 2. The van der Waals surface area contributed by atoms with Crippen molar-refractivity contribution >= 4 is 12.0 Å². The van der Waals surface area contributed by atoms with E-state index in [9.17, 15) is 4.79 Å². The van der Waals surface area contributed by atoms with Crippen molar-refractivity contribution in [2.75, 3.05) is 19.6 Å². The molecule has 0 radical (unpaired) electrons. The number of carbonyl (C=O) groups excluding carboxylic acids is 1. The molecular weight excluding hydrogens is 272 g/mol. The minimum Gasteiger partial charge on any atom is -0.350 e. The van der Waals surface area contributed by atoms with Crippen LogP contribution in [0.5, 0.6) is 0 Å². The van der Waals surface area contributed by atoms with Gasteiger partial charge in [0.25, 0.3) is 0 Å². The van der Waals surface area contributed by atoms with Gasteiger partial charge in [0.1, 0.15) is 0 Å². The monoisotopic (exact) mass is 300 g/mol. The maximum atomic E-state index is 12.0. The summed E-state index contributed by atoms with van der Waals surface area (Å²) in [6.45, 7) is 7.73. The molecule has 1 aliphatic rings. The molecule has 1 heterocycles. The summed E-state index contributed by atoms with van der Waals surface area (Å²) in [4.78, 5) is 14.5. The molecule has 1 aliphatic heterocycles. The average molecular weight is 300 g/mol. The lowest BCUT2D eigenvalue weighted by atomic mass is 10.0. The zero-order valence-corrected chi connectivity index (χ0v) is 13.8. The number of benzene rings is 1. The van der Waals surface area contributed by atoms with Crippen LogP contribution in [-0.4, -0.2) is 36.5 Å². The smallest absolute Gasteiger partial charge is 0.244 e. The highest BCUT2D eigenvalue weighted by molar-refractivity contribution is 5.91. The van der Waals surface area contributed by atoms with E-state index in [1.165, 1.54) is 18.5 Å². The molecule has 0 bridgehead atoms. The molecule has 0 atom stereocenters. The molecule has 1 amide bonds. The standard InChI is InChI=1S/C19H28N2O/c1-3-13-21-14-11-18(12-15-21)20-19(22)10-9-17-7-5-16(4-2)6-8-17/h5-10,18H,3-4,11-15H2,1-2H3,(H,20,22)/b10-9+. The molecule has 0 saturated carbocycles. The number of hydrogen-bond donors (Lipinski definition) is 1. The first-order chi connectivity index (χ1) is 10.7. The van der Waals surface area contributed by atoms with E-state index in [1.807, 2.05) is 6.08 Å². The first kappa shape index (κ1) is 16.8. The summed E-state index contributed by atoms with van der Waals surface area (Å²) in [5, 5.41) is 3.12. The molecule has 22 heavy (non-hydrogen) atoms. The molecule has 1 N–H and O–H groups in total. The second-order valence-electron chi connectivity index (χ2n) is 6.05. The molecule has 2 rings (SSSR count). The molecule has 0 unspecified atom stereocenters. The number of nitrogens with zero attached hydrogens (tertiary/aromatic N) is 1. The molecule has 0 spiro atoms. The van der Waals surface area contributed by atoms with Crippen LogP contribution in [-0.2, 0) is 11.2 Å². The maximum Gasteiger partial charge on any atom is 0.244 e. The number of aryl methyl sites for hydroxylation is 1. The molecule has 120 valence electrons. The number of amides is 1. The Morgan fingerprint density at radius 2 is 1.91 bits per heavy atom. The number of nitrogens with one attached hydrogen (secondary N) is 1. The van der Waals surface area contributed by atoms with E-state index in [0.29, 0.717) is 6.04 Å². The van der Waals surface area contributed by atoms with Crippen molar-refractivity contribution in [3.8, 4) is 0 Å². The number of piperidine rings is 1. The summed E-state index contributed by atoms with van der Waals surface area (Å²) in [6, 6.07) is 8.67. The molecular formula is C19H28N2O. The van der Waals surface area contributed by atoms with Gasteiger partial charge in [0.15, 0.2) is 0 Å². The lowest BCUT2D eigenvalue weighted by Gasteiger charge is -2.31. The summed E-state index contributed by atoms with van der Waals surface area (Å²) in [6.07, 6.45) is 7.91. The molecule has 1 aromatic rings. The Morgan fingerprint density at radius 3 is 2.50 bits per heavy atom. The Hall–Kier alpha value is -1.61. The van der Waals surface area contributed by atoms with Gasteiger partial charge in [-0.15, -0.1) is 0 Å². The van der Waals surface area contributed by atoms with E-state index in [0.717, 1.165) is 37.9 Å². The minimum atomic E-state index is 0.0218. The van der Waals surface area contributed by atoms with Gasteiger partial charge in [-0.05, 0) is 49.4 Å². The van der Waals surface area contributed by atoms with E-state index in [-0.39, 0.29) is 5.91 Å². The quantitative estimate of drug-likeness (QED) is 0.818. The van der Waals surface area contributed by atoms with Crippen LogP contribution in [0.25, 0.3) is 6.08 Å². The van der Waals surface area contributed by atoms with Crippen molar-refractivity contribution in [1.82, 2.24) is 10.2 Å². The van der Waals surface area contributed by atoms with E-state index >= 15 is 0 Å². The second-order valence-corrected chi connectivity index (χ2v) is 6.05. The van der Waals surface area contributed by atoms with Crippen LogP contribution in [0.3, 0.4) is 0 Å². The zero-order chi connectivity index (χ0) is 15.8. The van der Waals surface area contributed by atoms with Crippen LogP contribution in [0.15, 0.2) is 30.3 Å². The zero-order valence-electron chi connectivity index (χ0n) is 13.8. The van der Waals surface area contributed by atoms with Crippen LogP contribution < -0.4 is 5.32 Å². The highest BCUT2D eigenvalue weighted by Crippen LogP contribution is 2.11. The fourth-order valence-corrected chi connectivity index (χ4v) is 2.90. The average Bonchev–Trinajstić information content (AvgIpc) is 2.55. The Bertz CT molecular complexity index is 485. The van der Waals surface area contributed by atoms with Crippen molar-refractivity contribution in [2.24, 2.45) is 0 Å². The van der Waals surface area contributed by atoms with Crippen molar-refractivity contribution < 1.29 is 4.79 Å². The normalized spacial score (nSPS) is 17.0. The highest BCUT2D eigenvalue weighted by atomic mass is 16.1. The predicted molar refractivity (Wildman–Crippen MR) is 92.7 cm³/mol. The van der Waals surface area contributed by atoms with Crippen molar-refractivity contribution in [1.29, 1.82) is 0 Å². The predicted octanol–water partition coefficient (Wildman–Crippen LogP) is 3.25. The van der Waals surface area contributed by atoms with Gasteiger partial charge < -0.3 is 10.2 Å². The van der Waals surface area contributed by atoms with Crippen LogP contribution in [0, 0.1) is 0 Å². The second kappa shape index (κ2) is 8.74. The molecule has 3 nitrogen and oxygen atoms in total. The van der Waals surface area contributed by atoms with Crippen LogP contribution in [0.2, 0.25) is 0 Å². The van der Waals surface area contributed by atoms with Gasteiger partial charge in [-0.3, -0.25) is 4.79 Å². The van der Waals surface area contributed by atoms with Gasteiger partial charge in [0.2, 0.25) is 5.91 Å². The van der Waals surface area contributed by atoms with Gasteiger partial charge in [-0.1, -0.05) is 38.1 Å². The largest absolute Gasteiger partial charge is 0.350 e. The van der Waals surface area contributed by atoms with E-state index in [1.54, 1.807) is 6.08 Å². The highest BCUT2D eigenvalue weighted by Gasteiger charge is 2.19. The Balaban J connectivity index is 1.76. The lowest BCUT2D eigenvalue weighted by Crippen LogP contribution is -2.44. The van der Waals surface area contributed by atoms with E-state index < -0.39 is 0 Å². The van der Waals surface area contributed by atoms with Crippen molar-refractivity contribution in [3.05, 3.63) is 41.5 Å². The van der Waals surface area contributed by atoms with Crippen molar-refractivity contribution in [2.45, 2.75) is 45.6 Å². The third kappa shape index (κ3) is 5.30. The molecule has 0 aliphatic carbocycles. The molecule has 1 aromatic carbocycles. The third-order valence-electron chi connectivity index (χ3n) is 4.29. The molecule has 3 heteroatoms. The Labute approximate surface area is 134 Å². The number of carbonyl (C=O) groups is 1. The fraction of sp³-hybridized carbons (Fsp3) is 0.526. The number of likely N-dealkylation sites (tertiary alicyclic amines) is 1. The Kier molecular flexibility index (Phi) is 6.66. The van der Waals surface area contributed by atoms with E-state index in [2.05, 4.69) is 48.3 Å². The summed E-state index contributed by atoms with van der Waals surface area (Å²) >= 11 is 0. The maximum absolute atomic E-state index is 12.0. The molecule has 1 saturated heterocycles. The van der Waals surface area contributed by atoms with Crippen LogP contribution in [0.1, 0.15) is 44.2 Å².